The van der Waals surface area contributed by atoms with Crippen molar-refractivity contribution in [3.63, 3.8) is 0 Å². The summed E-state index contributed by atoms with van der Waals surface area (Å²) in [5.74, 6) is 1.04. The fourth-order valence-electron chi connectivity index (χ4n) is 2.88. The summed E-state index contributed by atoms with van der Waals surface area (Å²) in [6.07, 6.45) is 0. The third-order valence-corrected chi connectivity index (χ3v) is 4.95. The smallest absolute Gasteiger partial charge is 0.323 e. The molecule has 0 saturated carbocycles. The van der Waals surface area contributed by atoms with Gasteiger partial charge in [-0.15, -0.1) is 0 Å². The molecule has 0 aromatic carbocycles. The number of aromatic nitrogens is 1. The van der Waals surface area contributed by atoms with Crippen molar-refractivity contribution < 1.29 is 14.4 Å². The number of hydrogen-bond acceptors (Lipinski definition) is 3. The second kappa shape index (κ2) is 9.45. The molecule has 1 aliphatic rings. The molecule has 26 heavy (non-hydrogen) atoms. The van der Waals surface area contributed by atoms with Crippen molar-refractivity contribution in [2.45, 2.75) is 40.0 Å². The Morgan fingerprint density at radius 2 is 1.96 bits per heavy atom. The molecule has 7 heteroatoms. The van der Waals surface area contributed by atoms with Crippen LogP contribution in [0.4, 0.5) is 0 Å². The van der Waals surface area contributed by atoms with Gasteiger partial charge in [-0.2, -0.15) is 0 Å². The normalized spacial score (nSPS) is 15.1. The third-order valence-electron chi connectivity index (χ3n) is 4.95. The number of carbonyl (C=O) groups is 1. The molecule has 2 rings (SSSR count). The number of pyridine rings is 1. The first-order valence-electron chi connectivity index (χ1n) is 9.42. The number of nitrogens with zero attached hydrogens (tertiary/aromatic N) is 3. The van der Waals surface area contributed by atoms with Gasteiger partial charge in [-0.1, -0.05) is 27.7 Å². The first-order valence-corrected chi connectivity index (χ1v) is 9.42. The van der Waals surface area contributed by atoms with Crippen LogP contribution in [0.25, 0.3) is 0 Å². The average molecular weight is 356 g/mol. The van der Waals surface area contributed by atoms with Gasteiger partial charge in [0.25, 0.3) is 0 Å². The van der Waals surface area contributed by atoms with E-state index in [1.807, 2.05) is 25.7 Å². The van der Waals surface area contributed by atoms with Crippen LogP contribution in [0.2, 0.25) is 0 Å². The van der Waals surface area contributed by atoms with Crippen LogP contribution in [0.15, 0.2) is 18.2 Å². The van der Waals surface area contributed by atoms with Gasteiger partial charge in [-0.25, -0.2) is 0 Å². The number of carbonyl (C=O) groups excluding carboxylic acids is 1. The Balaban J connectivity index is 0.00000163. The first kappa shape index (κ1) is 22.6. The lowest BCUT2D eigenvalue weighted by Gasteiger charge is -2.50. The quantitative estimate of drug-likeness (QED) is 0.568. The maximum absolute atomic E-state index is 12.6. The molecular weight excluding hydrogens is 324 g/mol. The average Bonchev–Trinajstić information content (AvgIpc) is 2.59. The Labute approximate surface area is 161 Å². The monoisotopic (exact) mass is 356 g/mol. The van der Waals surface area contributed by atoms with E-state index in [1.54, 1.807) is 30.1 Å². The molecule has 2 heterocycles. The van der Waals surface area contributed by atoms with Crippen LogP contribution in [0.5, 0.6) is 0 Å². The van der Waals surface area contributed by atoms with Crippen LogP contribution in [0.3, 0.4) is 0 Å². The van der Waals surface area contributed by atoms with E-state index >= 15 is 0 Å². The Morgan fingerprint density at radius 3 is 2.42 bits per heavy atom. The Hall–Kier alpha value is -1.49. The van der Waals surface area contributed by atoms with E-state index in [2.05, 4.69) is 13.8 Å². The maximum Gasteiger partial charge on any atom is 0.323 e. The van der Waals surface area contributed by atoms with Crippen molar-refractivity contribution in [1.82, 2.24) is 9.80 Å². The lowest BCUT2D eigenvalue weighted by molar-refractivity contribution is -0.893. The molecule has 0 N–H and O–H groups in total. The van der Waals surface area contributed by atoms with Crippen molar-refractivity contribution in [2.75, 3.05) is 33.8 Å². The Morgan fingerprint density at radius 1 is 1.38 bits per heavy atom. The zero-order chi connectivity index (χ0) is 20.1. The minimum atomic E-state index is -1.19. The van der Waals surface area contributed by atoms with E-state index in [0.717, 1.165) is 13.1 Å². The van der Waals surface area contributed by atoms with Crippen molar-refractivity contribution in [3.8, 4) is 0 Å². The van der Waals surface area contributed by atoms with Gasteiger partial charge < -0.3 is 9.80 Å². The van der Waals surface area contributed by atoms with Gasteiger partial charge in [0.05, 0.1) is 15.7 Å². The summed E-state index contributed by atoms with van der Waals surface area (Å²) in [5.41, 5.74) is 0.961. The number of amides is 1. The third kappa shape index (κ3) is 4.43. The van der Waals surface area contributed by atoms with Crippen molar-refractivity contribution in [2.24, 2.45) is 11.8 Å². The SMILES string of the molecule is CC.[B]C([B])(c1cccc(C(=O)N(C)CC)[n+]1OC)N1CC(C(C)C)C1. The second-order valence-electron chi connectivity index (χ2n) is 6.83. The van der Waals surface area contributed by atoms with Crippen LogP contribution in [0, 0.1) is 11.8 Å². The van der Waals surface area contributed by atoms with E-state index in [1.165, 1.54) is 11.8 Å². The fraction of sp³-hybridized carbons (Fsp3) is 0.684. The maximum atomic E-state index is 12.6. The standard InChI is InChI=1S/C17H26B2N3O2.C2H6/c1-6-20(4)16(23)14-8-7-9-15(22(14)24-5)17(18,19)21-10-13(11-21)12(2)3;1-2/h7-9,12-13H,6,10-11H2,1-5H3;1-2H3/q+1;. The summed E-state index contributed by atoms with van der Waals surface area (Å²) in [5, 5.41) is -1.19. The number of hydrogen-bond donors (Lipinski definition) is 0. The molecule has 1 amide bonds. The highest BCUT2D eigenvalue weighted by molar-refractivity contribution is 6.39. The number of likely N-dealkylation sites (tertiary alicyclic amines) is 1. The largest absolute Gasteiger partial charge is 0.337 e. The van der Waals surface area contributed by atoms with E-state index < -0.39 is 5.34 Å². The molecular formula is C19H32B2N3O2+. The lowest BCUT2D eigenvalue weighted by Crippen LogP contribution is -2.65. The van der Waals surface area contributed by atoms with E-state index in [9.17, 15) is 4.79 Å². The molecule has 0 atom stereocenters. The summed E-state index contributed by atoms with van der Waals surface area (Å²) in [4.78, 5) is 21.6. The molecule has 140 valence electrons. The van der Waals surface area contributed by atoms with Gasteiger partial charge in [0, 0.05) is 48.9 Å². The van der Waals surface area contributed by atoms with E-state index in [0.29, 0.717) is 29.8 Å². The summed E-state index contributed by atoms with van der Waals surface area (Å²) in [6, 6.07) is 5.30. The van der Waals surface area contributed by atoms with Crippen molar-refractivity contribution in [3.05, 3.63) is 29.6 Å². The predicted octanol–water partition coefficient (Wildman–Crippen LogP) is 1.19. The summed E-state index contributed by atoms with van der Waals surface area (Å²) in [6.45, 7) is 12.6. The summed E-state index contributed by atoms with van der Waals surface area (Å²) in [7, 11) is 16.1. The summed E-state index contributed by atoms with van der Waals surface area (Å²) < 4.78 is 1.44. The lowest BCUT2D eigenvalue weighted by atomic mass is 9.56. The molecule has 1 saturated heterocycles. The van der Waals surface area contributed by atoms with Gasteiger partial charge in [0.15, 0.2) is 0 Å². The van der Waals surface area contributed by atoms with Gasteiger partial charge in [-0.05, 0) is 24.8 Å². The van der Waals surface area contributed by atoms with Gasteiger partial charge in [0.1, 0.15) is 7.11 Å². The molecule has 0 aliphatic carbocycles. The van der Waals surface area contributed by atoms with Gasteiger partial charge in [-0.3, -0.25) is 9.63 Å². The summed E-state index contributed by atoms with van der Waals surface area (Å²) >= 11 is 0. The first-order chi connectivity index (χ1) is 12.2. The highest BCUT2D eigenvalue weighted by Gasteiger charge is 2.44. The molecule has 5 nitrogen and oxygen atoms in total. The minimum absolute atomic E-state index is 0.138. The highest BCUT2D eigenvalue weighted by Crippen LogP contribution is 2.31. The zero-order valence-electron chi connectivity index (χ0n) is 17.3. The van der Waals surface area contributed by atoms with Crippen LogP contribution >= 0.6 is 0 Å². The molecule has 1 aliphatic heterocycles. The molecule has 1 fully saturated rings. The van der Waals surface area contributed by atoms with Crippen molar-refractivity contribution in [1.29, 1.82) is 0 Å². The zero-order valence-corrected chi connectivity index (χ0v) is 17.3. The molecule has 0 spiro atoms. The molecule has 0 unspecified atom stereocenters. The minimum Gasteiger partial charge on any atom is -0.337 e. The van der Waals surface area contributed by atoms with E-state index in [4.69, 9.17) is 20.5 Å². The fourth-order valence-corrected chi connectivity index (χ4v) is 2.88. The van der Waals surface area contributed by atoms with Crippen LogP contribution in [0.1, 0.15) is 50.8 Å². The van der Waals surface area contributed by atoms with Crippen LogP contribution in [-0.2, 0) is 5.34 Å². The van der Waals surface area contributed by atoms with Crippen LogP contribution < -0.4 is 9.57 Å². The van der Waals surface area contributed by atoms with Crippen molar-refractivity contribution >= 4 is 21.6 Å². The Kier molecular flexibility index (Phi) is 8.19. The van der Waals surface area contributed by atoms with Gasteiger partial charge >= 0.3 is 11.6 Å². The Bertz CT molecular complexity index is 602. The second-order valence-corrected chi connectivity index (χ2v) is 6.83. The van der Waals surface area contributed by atoms with E-state index in [-0.39, 0.29) is 5.91 Å². The topological polar surface area (TPSA) is 36.7 Å². The van der Waals surface area contributed by atoms with Gasteiger partial charge in [0.2, 0.25) is 5.69 Å². The highest BCUT2D eigenvalue weighted by atomic mass is 16.6. The molecule has 1 aromatic heterocycles. The molecule has 1 aromatic rings. The van der Waals surface area contributed by atoms with Crippen LogP contribution in [-0.4, -0.2) is 65.2 Å². The molecule has 4 radical (unpaired) electrons. The predicted molar refractivity (Wildman–Crippen MR) is 106 cm³/mol. The number of rotatable bonds is 6. The molecule has 0 bridgehead atoms.